The molecule has 0 unspecified atom stereocenters. The molecule has 0 saturated carbocycles. The number of nitrogen functional groups attached to an aromatic ring is 1. The van der Waals surface area contributed by atoms with Crippen LogP contribution in [-0.4, -0.2) is 22.9 Å². The van der Waals surface area contributed by atoms with Gasteiger partial charge >= 0.3 is 0 Å². The number of Topliss-reactive ketones (excluding diaryl/α,β-unsaturated/α-hetero) is 1. The molecule has 7 heteroatoms. The summed E-state index contributed by atoms with van der Waals surface area (Å²) in [5, 5.41) is 0. The molecule has 0 aliphatic carbocycles. The summed E-state index contributed by atoms with van der Waals surface area (Å²) >= 11 is 0. The van der Waals surface area contributed by atoms with E-state index in [1.807, 2.05) is 6.92 Å². The van der Waals surface area contributed by atoms with Gasteiger partial charge in [0, 0.05) is 13.3 Å². The molecule has 0 saturated heterocycles. The Hall–Kier alpha value is -3.01. The van der Waals surface area contributed by atoms with Crippen molar-refractivity contribution >= 4 is 11.6 Å². The number of hydrogen-bond acceptors (Lipinski definition) is 5. The van der Waals surface area contributed by atoms with Crippen molar-refractivity contribution < 1.29 is 18.3 Å². The maximum absolute atomic E-state index is 14.4. The van der Waals surface area contributed by atoms with Gasteiger partial charge < -0.3 is 10.5 Å². The Bertz CT molecular complexity index is 886. The number of hydrogen-bond donors (Lipinski definition) is 1. The molecule has 0 aliphatic rings. The molecule has 1 heterocycles. The minimum atomic E-state index is -0.763. The molecule has 2 N–H and O–H groups in total. The third-order valence-corrected chi connectivity index (χ3v) is 3.33. The van der Waals surface area contributed by atoms with Crippen LogP contribution in [0.4, 0.5) is 14.6 Å². The molecule has 1 aromatic carbocycles. The molecule has 0 aliphatic heterocycles. The van der Waals surface area contributed by atoms with Crippen molar-refractivity contribution in [3.63, 3.8) is 0 Å². The smallest absolute Gasteiger partial charge is 0.190 e. The molecular formula is C18H17F2N3O2. The number of ketones is 1. The minimum Gasteiger partial charge on any atom is -0.491 e. The SMILES string of the molecule is CCCC#Cc1cc(F)c(-c2nc(N)c(OC)c(C(C)=O)n2)cc1F. The van der Waals surface area contributed by atoms with Gasteiger partial charge in [-0.05, 0) is 18.6 Å². The van der Waals surface area contributed by atoms with E-state index in [2.05, 4.69) is 21.8 Å². The van der Waals surface area contributed by atoms with Crippen molar-refractivity contribution in [2.24, 2.45) is 0 Å². The lowest BCUT2D eigenvalue weighted by molar-refractivity contribution is 0.101. The highest BCUT2D eigenvalue weighted by molar-refractivity contribution is 5.96. The number of carbonyl (C=O) groups excluding carboxylic acids is 1. The molecule has 0 atom stereocenters. The highest BCUT2D eigenvalue weighted by Gasteiger charge is 2.20. The monoisotopic (exact) mass is 345 g/mol. The van der Waals surface area contributed by atoms with Gasteiger partial charge in [0.25, 0.3) is 0 Å². The van der Waals surface area contributed by atoms with Crippen LogP contribution in [0.15, 0.2) is 12.1 Å². The van der Waals surface area contributed by atoms with Gasteiger partial charge in [-0.2, -0.15) is 0 Å². The Morgan fingerprint density at radius 2 is 2.00 bits per heavy atom. The highest BCUT2D eigenvalue weighted by Crippen LogP contribution is 2.29. The molecule has 0 radical (unpaired) electrons. The third-order valence-electron chi connectivity index (χ3n) is 3.33. The highest BCUT2D eigenvalue weighted by atomic mass is 19.1. The molecule has 1 aromatic heterocycles. The van der Waals surface area contributed by atoms with E-state index in [1.165, 1.54) is 14.0 Å². The molecule has 25 heavy (non-hydrogen) atoms. The van der Waals surface area contributed by atoms with Gasteiger partial charge in [-0.15, -0.1) is 0 Å². The summed E-state index contributed by atoms with van der Waals surface area (Å²) in [5.41, 5.74) is 5.37. The first-order chi connectivity index (χ1) is 11.9. The van der Waals surface area contributed by atoms with Crippen molar-refractivity contribution in [2.45, 2.75) is 26.7 Å². The summed E-state index contributed by atoms with van der Waals surface area (Å²) in [6.45, 7) is 3.20. The topological polar surface area (TPSA) is 78.1 Å². The van der Waals surface area contributed by atoms with Crippen LogP contribution < -0.4 is 10.5 Å². The average molecular weight is 345 g/mol. The standard InChI is InChI=1S/C18H17F2N3O2/c1-4-5-6-7-11-8-14(20)12(9-13(11)19)18-22-15(10(2)24)16(25-3)17(21)23-18/h8-9H,4-5H2,1-3H3,(H2,21,22,23). The second-order valence-electron chi connectivity index (χ2n) is 5.23. The molecule has 5 nitrogen and oxygen atoms in total. The fourth-order valence-corrected chi connectivity index (χ4v) is 2.12. The summed E-state index contributed by atoms with van der Waals surface area (Å²) < 4.78 is 33.6. The number of aromatic nitrogens is 2. The molecule has 2 aromatic rings. The van der Waals surface area contributed by atoms with E-state index in [0.717, 1.165) is 18.6 Å². The zero-order valence-electron chi connectivity index (χ0n) is 14.1. The average Bonchev–Trinajstić information content (AvgIpc) is 2.57. The number of halogens is 2. The van der Waals surface area contributed by atoms with Gasteiger partial charge in [0.2, 0.25) is 0 Å². The predicted molar refractivity (Wildman–Crippen MR) is 90.1 cm³/mol. The maximum Gasteiger partial charge on any atom is 0.190 e. The predicted octanol–water partition coefficient (Wildman–Crippen LogP) is 3.37. The van der Waals surface area contributed by atoms with Crippen LogP contribution in [-0.2, 0) is 0 Å². The molecule has 0 bridgehead atoms. The molecule has 2 rings (SSSR count). The van der Waals surface area contributed by atoms with Crippen molar-refractivity contribution in [2.75, 3.05) is 12.8 Å². The Balaban J connectivity index is 2.58. The van der Waals surface area contributed by atoms with Crippen molar-refractivity contribution in [3.8, 4) is 29.0 Å². The Labute approximate surface area is 144 Å². The van der Waals surface area contributed by atoms with Gasteiger partial charge in [0.15, 0.2) is 28.9 Å². The van der Waals surface area contributed by atoms with Gasteiger partial charge in [0.1, 0.15) is 11.6 Å². The molecule has 130 valence electrons. The largest absolute Gasteiger partial charge is 0.491 e. The number of unbranched alkanes of at least 4 members (excludes halogenated alkanes) is 1. The number of carbonyl (C=O) groups is 1. The van der Waals surface area contributed by atoms with Gasteiger partial charge in [-0.1, -0.05) is 18.8 Å². The van der Waals surface area contributed by atoms with Gasteiger partial charge in [0.05, 0.1) is 18.2 Å². The maximum atomic E-state index is 14.4. The lowest BCUT2D eigenvalue weighted by Gasteiger charge is -2.11. The number of nitrogens with zero attached hydrogens (tertiary/aromatic N) is 2. The summed E-state index contributed by atoms with van der Waals surface area (Å²) in [4.78, 5) is 19.6. The van der Waals surface area contributed by atoms with Crippen LogP contribution in [0, 0.1) is 23.5 Å². The van der Waals surface area contributed by atoms with Gasteiger partial charge in [-0.25, -0.2) is 18.7 Å². The van der Waals surface area contributed by atoms with Gasteiger partial charge in [-0.3, -0.25) is 4.79 Å². The van der Waals surface area contributed by atoms with Crippen LogP contribution >= 0.6 is 0 Å². The number of nitrogens with two attached hydrogens (primary N) is 1. The number of ether oxygens (including phenoxy) is 1. The van der Waals surface area contributed by atoms with Crippen LogP contribution in [0.5, 0.6) is 5.75 Å². The van der Waals surface area contributed by atoms with E-state index in [9.17, 15) is 13.6 Å². The van der Waals surface area contributed by atoms with E-state index in [4.69, 9.17) is 10.5 Å². The van der Waals surface area contributed by atoms with Crippen molar-refractivity contribution in [1.29, 1.82) is 0 Å². The van der Waals surface area contributed by atoms with Crippen LogP contribution in [0.3, 0.4) is 0 Å². The van der Waals surface area contributed by atoms with Crippen LogP contribution in [0.1, 0.15) is 42.7 Å². The summed E-state index contributed by atoms with van der Waals surface area (Å²) in [5.74, 6) is 3.11. The fraction of sp³-hybridized carbons (Fsp3) is 0.278. The molecule has 0 fully saturated rings. The Morgan fingerprint density at radius 3 is 2.60 bits per heavy atom. The van der Waals surface area contributed by atoms with E-state index in [-0.39, 0.29) is 34.2 Å². The zero-order valence-corrected chi connectivity index (χ0v) is 14.1. The number of rotatable bonds is 4. The Morgan fingerprint density at radius 1 is 1.28 bits per heavy atom. The van der Waals surface area contributed by atoms with Crippen molar-refractivity contribution in [3.05, 3.63) is 35.0 Å². The van der Waals surface area contributed by atoms with E-state index < -0.39 is 17.4 Å². The lowest BCUT2D eigenvalue weighted by atomic mass is 10.1. The number of benzene rings is 1. The second-order valence-corrected chi connectivity index (χ2v) is 5.23. The van der Waals surface area contributed by atoms with Crippen LogP contribution in [0.25, 0.3) is 11.4 Å². The first-order valence-electron chi connectivity index (χ1n) is 7.59. The fourth-order valence-electron chi connectivity index (χ4n) is 2.12. The first kappa shape index (κ1) is 18.3. The Kier molecular flexibility index (Phi) is 5.65. The first-order valence-corrected chi connectivity index (χ1v) is 7.59. The molecule has 0 spiro atoms. The van der Waals surface area contributed by atoms with E-state index in [0.29, 0.717) is 6.42 Å². The summed E-state index contributed by atoms with van der Waals surface area (Å²) in [6.07, 6.45) is 1.41. The molecular weight excluding hydrogens is 328 g/mol. The second kappa shape index (κ2) is 7.71. The number of methoxy groups -OCH3 is 1. The quantitative estimate of drug-likeness (QED) is 0.679. The normalized spacial score (nSPS) is 10.1. The third kappa shape index (κ3) is 3.91. The van der Waals surface area contributed by atoms with Crippen LogP contribution in [0.2, 0.25) is 0 Å². The summed E-state index contributed by atoms with van der Waals surface area (Å²) in [6, 6.07) is 1.92. The number of anilines is 1. The van der Waals surface area contributed by atoms with E-state index >= 15 is 0 Å². The summed E-state index contributed by atoms with van der Waals surface area (Å²) in [7, 11) is 1.31. The lowest BCUT2D eigenvalue weighted by Crippen LogP contribution is -2.09. The zero-order chi connectivity index (χ0) is 18.6. The minimum absolute atomic E-state index is 0.000757. The molecule has 0 amide bonds. The van der Waals surface area contributed by atoms with E-state index in [1.54, 1.807) is 0 Å². The van der Waals surface area contributed by atoms with Crippen molar-refractivity contribution in [1.82, 2.24) is 9.97 Å².